The van der Waals surface area contributed by atoms with Crippen molar-refractivity contribution in [1.82, 2.24) is 10.2 Å². The van der Waals surface area contributed by atoms with Gasteiger partial charge in [-0.25, -0.2) is 0 Å². The van der Waals surface area contributed by atoms with Gasteiger partial charge in [-0.2, -0.15) is 10.2 Å². The average Bonchev–Trinajstić information content (AvgIpc) is 1.88. The highest BCUT2D eigenvalue weighted by atomic mass is 35.5. The van der Waals surface area contributed by atoms with Gasteiger partial charge >= 0.3 is 0 Å². The van der Waals surface area contributed by atoms with E-state index in [-0.39, 0.29) is 12.4 Å². The van der Waals surface area contributed by atoms with Crippen LogP contribution in [0.2, 0.25) is 0 Å². The zero-order valence-electron chi connectivity index (χ0n) is 5.54. The molecule has 0 radical (unpaired) electrons. The minimum Gasteiger partial charge on any atom is -0.159 e. The maximum atomic E-state index is 5.50. The Balaban J connectivity index is 0.000000810. The minimum atomic E-state index is 0. The third-order valence-electron chi connectivity index (χ3n) is 0.979. The van der Waals surface area contributed by atoms with Crippen molar-refractivity contribution >= 4 is 24.0 Å². The molecular weight excluding hydrogens is 171 g/mol. The monoisotopic (exact) mass is 178 g/mol. The zero-order chi connectivity index (χ0) is 6.69. The van der Waals surface area contributed by atoms with Crippen LogP contribution in [0.15, 0.2) is 12.3 Å². The lowest BCUT2D eigenvalue weighted by Gasteiger charge is -1.91. The van der Waals surface area contributed by atoms with E-state index in [2.05, 4.69) is 10.2 Å². The molecule has 1 aromatic rings. The fourth-order valence-electron chi connectivity index (χ4n) is 0.588. The van der Waals surface area contributed by atoms with Gasteiger partial charge in [-0.15, -0.1) is 24.0 Å². The van der Waals surface area contributed by atoms with E-state index < -0.39 is 0 Å². The number of alkyl halides is 1. The highest BCUT2D eigenvalue weighted by Crippen LogP contribution is 1.99. The van der Waals surface area contributed by atoms with Crippen molar-refractivity contribution in [3.05, 3.63) is 23.5 Å². The quantitative estimate of drug-likeness (QED) is 0.615. The van der Waals surface area contributed by atoms with Crippen molar-refractivity contribution in [2.75, 3.05) is 0 Å². The summed E-state index contributed by atoms with van der Waals surface area (Å²) < 4.78 is 0. The first-order valence-electron chi connectivity index (χ1n) is 2.67. The van der Waals surface area contributed by atoms with E-state index >= 15 is 0 Å². The molecule has 0 saturated heterocycles. The molecule has 0 bridgehead atoms. The van der Waals surface area contributed by atoms with E-state index in [9.17, 15) is 0 Å². The number of rotatable bonds is 1. The predicted molar refractivity (Wildman–Crippen MR) is 43.6 cm³/mol. The van der Waals surface area contributed by atoms with Crippen LogP contribution >= 0.6 is 24.0 Å². The summed E-state index contributed by atoms with van der Waals surface area (Å²) in [4.78, 5) is 0. The Morgan fingerprint density at radius 3 is 2.70 bits per heavy atom. The second kappa shape index (κ2) is 4.47. The summed E-state index contributed by atoms with van der Waals surface area (Å²) in [6.07, 6.45) is 1.70. The molecule has 0 fully saturated rings. The molecule has 56 valence electrons. The van der Waals surface area contributed by atoms with Gasteiger partial charge in [0.1, 0.15) is 0 Å². The van der Waals surface area contributed by atoms with E-state index in [0.717, 1.165) is 11.3 Å². The summed E-state index contributed by atoms with van der Waals surface area (Å²) in [5.41, 5.74) is 1.93. The molecule has 0 aliphatic heterocycles. The number of aromatic nitrogens is 2. The molecule has 10 heavy (non-hydrogen) atoms. The molecule has 0 spiro atoms. The van der Waals surface area contributed by atoms with Crippen molar-refractivity contribution < 1.29 is 0 Å². The van der Waals surface area contributed by atoms with Crippen LogP contribution < -0.4 is 0 Å². The van der Waals surface area contributed by atoms with E-state index in [1.54, 1.807) is 6.20 Å². The average molecular weight is 179 g/mol. The van der Waals surface area contributed by atoms with Crippen LogP contribution in [0.3, 0.4) is 0 Å². The molecule has 1 aromatic heterocycles. The fourth-order valence-corrected chi connectivity index (χ4v) is 0.719. The van der Waals surface area contributed by atoms with Crippen molar-refractivity contribution in [3.8, 4) is 0 Å². The van der Waals surface area contributed by atoms with Crippen LogP contribution in [0, 0.1) is 6.92 Å². The van der Waals surface area contributed by atoms with Crippen LogP contribution in [0.25, 0.3) is 0 Å². The summed E-state index contributed by atoms with van der Waals surface area (Å²) in [7, 11) is 0. The number of aryl methyl sites for hydroxylation is 1. The maximum absolute atomic E-state index is 5.50. The lowest BCUT2D eigenvalue weighted by molar-refractivity contribution is 0.956. The first-order chi connectivity index (χ1) is 4.33. The summed E-state index contributed by atoms with van der Waals surface area (Å²) in [6, 6.07) is 1.92. The molecule has 0 N–H and O–H groups in total. The van der Waals surface area contributed by atoms with Crippen molar-refractivity contribution in [2.24, 2.45) is 0 Å². The Labute approximate surface area is 71.0 Å². The maximum Gasteiger partial charge on any atom is 0.0781 e. The van der Waals surface area contributed by atoms with E-state index in [1.807, 2.05) is 13.0 Å². The molecule has 0 aliphatic rings. The predicted octanol–water partition coefficient (Wildman–Crippen LogP) is 1.95. The number of nitrogens with zero attached hydrogens (tertiary/aromatic N) is 2. The van der Waals surface area contributed by atoms with Gasteiger partial charge in [0.05, 0.1) is 17.8 Å². The highest BCUT2D eigenvalue weighted by Gasteiger charge is 1.90. The Hall–Kier alpha value is -0.340. The standard InChI is InChI=1S/C6H7ClN2.ClH/c1-5-2-6(3-7)9-8-4-5;/h2,4H,3H2,1H3;1H. The second-order valence-corrected chi connectivity index (χ2v) is 2.13. The highest BCUT2D eigenvalue weighted by molar-refractivity contribution is 6.16. The van der Waals surface area contributed by atoms with Crippen LogP contribution in [0.1, 0.15) is 11.3 Å². The minimum absolute atomic E-state index is 0. The first-order valence-corrected chi connectivity index (χ1v) is 3.20. The van der Waals surface area contributed by atoms with E-state index in [0.29, 0.717) is 5.88 Å². The number of hydrogen-bond acceptors (Lipinski definition) is 2. The molecule has 1 heterocycles. The number of hydrogen-bond donors (Lipinski definition) is 0. The van der Waals surface area contributed by atoms with Crippen molar-refractivity contribution in [2.45, 2.75) is 12.8 Å². The SMILES string of the molecule is Cc1cnnc(CCl)c1.Cl. The van der Waals surface area contributed by atoms with Crippen molar-refractivity contribution in [3.63, 3.8) is 0 Å². The van der Waals surface area contributed by atoms with Gasteiger partial charge in [-0.05, 0) is 18.6 Å². The summed E-state index contributed by atoms with van der Waals surface area (Å²) in [6.45, 7) is 1.96. The van der Waals surface area contributed by atoms with Gasteiger partial charge < -0.3 is 0 Å². The van der Waals surface area contributed by atoms with Crippen molar-refractivity contribution in [1.29, 1.82) is 0 Å². The van der Waals surface area contributed by atoms with Crippen LogP contribution in [-0.4, -0.2) is 10.2 Å². The van der Waals surface area contributed by atoms with Gasteiger partial charge in [0, 0.05) is 0 Å². The third kappa shape index (κ3) is 2.50. The molecular formula is C6H8Cl2N2. The fraction of sp³-hybridized carbons (Fsp3) is 0.333. The molecule has 0 aliphatic carbocycles. The number of halogens is 2. The summed E-state index contributed by atoms with van der Waals surface area (Å²) >= 11 is 5.50. The molecule has 0 saturated carbocycles. The largest absolute Gasteiger partial charge is 0.159 e. The summed E-state index contributed by atoms with van der Waals surface area (Å²) in [5, 5.41) is 7.50. The first kappa shape index (κ1) is 9.66. The van der Waals surface area contributed by atoms with Gasteiger partial charge in [0.2, 0.25) is 0 Å². The Bertz CT molecular complexity index is 203. The zero-order valence-corrected chi connectivity index (χ0v) is 7.11. The Morgan fingerprint density at radius 1 is 1.60 bits per heavy atom. The Morgan fingerprint density at radius 2 is 2.30 bits per heavy atom. The normalized spacial score (nSPS) is 8.60. The van der Waals surface area contributed by atoms with Gasteiger partial charge in [-0.1, -0.05) is 0 Å². The van der Waals surface area contributed by atoms with Gasteiger partial charge in [0.25, 0.3) is 0 Å². The van der Waals surface area contributed by atoms with Crippen LogP contribution in [0.4, 0.5) is 0 Å². The smallest absolute Gasteiger partial charge is 0.0781 e. The lowest BCUT2D eigenvalue weighted by Crippen LogP contribution is -1.88. The molecule has 0 aromatic carbocycles. The van der Waals surface area contributed by atoms with E-state index in [1.165, 1.54) is 0 Å². The molecule has 4 heteroatoms. The second-order valence-electron chi connectivity index (χ2n) is 1.86. The molecule has 0 amide bonds. The summed E-state index contributed by atoms with van der Waals surface area (Å²) in [5.74, 6) is 0.439. The van der Waals surface area contributed by atoms with Gasteiger partial charge in [-0.3, -0.25) is 0 Å². The Kier molecular flexibility index (Phi) is 4.32. The van der Waals surface area contributed by atoms with Gasteiger partial charge in [0.15, 0.2) is 0 Å². The topological polar surface area (TPSA) is 25.8 Å². The molecule has 0 atom stereocenters. The molecule has 0 unspecified atom stereocenters. The molecule has 2 nitrogen and oxygen atoms in total. The molecule has 1 rings (SSSR count). The van der Waals surface area contributed by atoms with Crippen LogP contribution in [0.5, 0.6) is 0 Å². The van der Waals surface area contributed by atoms with E-state index in [4.69, 9.17) is 11.6 Å². The third-order valence-corrected chi connectivity index (χ3v) is 1.25. The van der Waals surface area contributed by atoms with Crippen LogP contribution in [-0.2, 0) is 5.88 Å². The lowest BCUT2D eigenvalue weighted by atomic mass is 10.3.